The molecule has 0 aliphatic rings. The molecule has 0 aliphatic carbocycles. The van der Waals surface area contributed by atoms with Gasteiger partial charge in [0.25, 0.3) is 0 Å². The number of hydrazine groups is 1. The Morgan fingerprint density at radius 1 is 1.11 bits per heavy atom. The van der Waals surface area contributed by atoms with E-state index in [-0.39, 0.29) is 6.04 Å². The van der Waals surface area contributed by atoms with Gasteiger partial charge >= 0.3 is 0 Å². The molecule has 0 aliphatic heterocycles. The number of nitrogens with two attached hydrogens (primary N) is 1. The van der Waals surface area contributed by atoms with Gasteiger partial charge in [0.15, 0.2) is 0 Å². The maximum Gasteiger partial charge on any atom is 0.0438 e. The third kappa shape index (κ3) is 4.32. The zero-order chi connectivity index (χ0) is 13.7. The summed E-state index contributed by atoms with van der Waals surface area (Å²) in [6.45, 7) is 0. The number of hydrogen-bond acceptors (Lipinski definition) is 2. The first-order chi connectivity index (χ1) is 9.19. The predicted molar refractivity (Wildman–Crippen MR) is 84.1 cm³/mol. The molecule has 3 N–H and O–H groups in total. The van der Waals surface area contributed by atoms with Crippen molar-refractivity contribution < 1.29 is 0 Å². The lowest BCUT2D eigenvalue weighted by Gasteiger charge is -2.17. The molecule has 0 bridgehead atoms. The van der Waals surface area contributed by atoms with Crippen LogP contribution in [-0.4, -0.2) is 6.04 Å². The van der Waals surface area contributed by atoms with Crippen molar-refractivity contribution in [3.8, 4) is 0 Å². The summed E-state index contributed by atoms with van der Waals surface area (Å²) in [4.78, 5) is 0. The van der Waals surface area contributed by atoms with Crippen molar-refractivity contribution in [1.29, 1.82) is 0 Å². The summed E-state index contributed by atoms with van der Waals surface area (Å²) in [5.41, 5.74) is 5.22. The minimum absolute atomic E-state index is 0.161. The van der Waals surface area contributed by atoms with Gasteiger partial charge in [-0.2, -0.15) is 0 Å². The Morgan fingerprint density at radius 2 is 1.89 bits per heavy atom. The van der Waals surface area contributed by atoms with Crippen LogP contribution in [0, 0.1) is 0 Å². The topological polar surface area (TPSA) is 38.0 Å². The number of hydrogen-bond donors (Lipinski definition) is 2. The highest BCUT2D eigenvalue weighted by atomic mass is 79.9. The number of halogens is 2. The van der Waals surface area contributed by atoms with E-state index in [0.717, 1.165) is 27.9 Å². The molecule has 0 aromatic heterocycles. The summed E-state index contributed by atoms with van der Waals surface area (Å²) in [6, 6.07) is 16.3. The minimum atomic E-state index is 0.161. The molecule has 0 amide bonds. The van der Waals surface area contributed by atoms with Crippen LogP contribution in [0.25, 0.3) is 0 Å². The van der Waals surface area contributed by atoms with E-state index >= 15 is 0 Å². The monoisotopic (exact) mass is 338 g/mol. The third-order valence-corrected chi connectivity index (χ3v) is 3.89. The van der Waals surface area contributed by atoms with Gasteiger partial charge in [-0.3, -0.25) is 11.3 Å². The fraction of sp³-hybridized carbons (Fsp3) is 0.200. The largest absolute Gasteiger partial charge is 0.271 e. The van der Waals surface area contributed by atoms with Gasteiger partial charge in [0.05, 0.1) is 0 Å². The van der Waals surface area contributed by atoms with E-state index < -0.39 is 0 Å². The number of rotatable bonds is 5. The van der Waals surface area contributed by atoms with Crippen molar-refractivity contribution in [1.82, 2.24) is 5.43 Å². The fourth-order valence-electron chi connectivity index (χ4n) is 2.07. The van der Waals surface area contributed by atoms with Crippen LogP contribution in [0.1, 0.15) is 11.1 Å². The van der Waals surface area contributed by atoms with Crippen LogP contribution in [0.2, 0.25) is 5.02 Å². The maximum absolute atomic E-state index is 6.18. The summed E-state index contributed by atoms with van der Waals surface area (Å²) >= 11 is 9.66. The van der Waals surface area contributed by atoms with E-state index in [1.165, 1.54) is 5.56 Å². The molecule has 0 spiro atoms. The molecule has 2 nitrogen and oxygen atoms in total. The molecule has 1 unspecified atom stereocenters. The van der Waals surface area contributed by atoms with Crippen LogP contribution in [0.15, 0.2) is 53.0 Å². The van der Waals surface area contributed by atoms with Crippen LogP contribution in [0.3, 0.4) is 0 Å². The average Bonchev–Trinajstić information content (AvgIpc) is 2.40. The van der Waals surface area contributed by atoms with Crippen molar-refractivity contribution in [3.05, 3.63) is 69.2 Å². The SMILES string of the molecule is NNC(Cc1cccc(Br)c1)Cc1ccccc1Cl. The summed E-state index contributed by atoms with van der Waals surface area (Å²) in [6.07, 6.45) is 1.67. The first-order valence-electron chi connectivity index (χ1n) is 6.13. The predicted octanol–water partition coefficient (Wildman–Crippen LogP) is 3.72. The summed E-state index contributed by atoms with van der Waals surface area (Å²) < 4.78 is 1.08. The Labute approximate surface area is 127 Å². The van der Waals surface area contributed by atoms with Gasteiger partial charge in [-0.05, 0) is 42.2 Å². The summed E-state index contributed by atoms with van der Waals surface area (Å²) in [5, 5.41) is 0.789. The molecule has 0 saturated heterocycles. The second kappa shape index (κ2) is 7.06. The molecule has 2 rings (SSSR count). The van der Waals surface area contributed by atoms with Crippen LogP contribution in [-0.2, 0) is 12.8 Å². The Kier molecular flexibility index (Phi) is 5.40. The lowest BCUT2D eigenvalue weighted by atomic mass is 9.99. The standard InChI is InChI=1S/C15H16BrClN2/c16-13-6-3-4-11(8-13)9-14(19-18)10-12-5-1-2-7-15(12)17/h1-8,14,19H,9-10,18H2. The van der Waals surface area contributed by atoms with Crippen molar-refractivity contribution >= 4 is 27.5 Å². The van der Waals surface area contributed by atoms with Gasteiger partial charge in [-0.1, -0.05) is 57.9 Å². The fourth-order valence-corrected chi connectivity index (χ4v) is 2.73. The van der Waals surface area contributed by atoms with Gasteiger partial charge in [-0.25, -0.2) is 0 Å². The summed E-state index contributed by atoms with van der Waals surface area (Å²) in [7, 11) is 0. The molecule has 1 atom stereocenters. The van der Waals surface area contributed by atoms with Crippen LogP contribution in [0.5, 0.6) is 0 Å². The summed E-state index contributed by atoms with van der Waals surface area (Å²) in [5.74, 6) is 5.65. The van der Waals surface area contributed by atoms with Gasteiger partial charge in [0.2, 0.25) is 0 Å². The second-order valence-corrected chi connectivity index (χ2v) is 5.82. The normalized spacial score (nSPS) is 12.4. The second-order valence-electron chi connectivity index (χ2n) is 4.49. The molecular weight excluding hydrogens is 324 g/mol. The highest BCUT2D eigenvalue weighted by Crippen LogP contribution is 2.19. The lowest BCUT2D eigenvalue weighted by molar-refractivity contribution is 0.522. The van der Waals surface area contributed by atoms with Gasteiger partial charge in [0.1, 0.15) is 0 Å². The molecule has 0 fully saturated rings. The Balaban J connectivity index is 2.07. The van der Waals surface area contributed by atoms with Crippen LogP contribution in [0.4, 0.5) is 0 Å². The average molecular weight is 340 g/mol. The zero-order valence-electron chi connectivity index (χ0n) is 10.4. The van der Waals surface area contributed by atoms with E-state index in [1.807, 2.05) is 36.4 Å². The molecule has 0 heterocycles. The smallest absolute Gasteiger partial charge is 0.0438 e. The van der Waals surface area contributed by atoms with Crippen molar-refractivity contribution in [3.63, 3.8) is 0 Å². The zero-order valence-corrected chi connectivity index (χ0v) is 12.8. The van der Waals surface area contributed by atoms with Crippen molar-refractivity contribution in [2.75, 3.05) is 0 Å². The van der Waals surface area contributed by atoms with E-state index in [9.17, 15) is 0 Å². The molecule has 2 aromatic carbocycles. The van der Waals surface area contributed by atoms with E-state index in [2.05, 4.69) is 33.5 Å². The maximum atomic E-state index is 6.18. The Hall–Kier alpha value is -0.870. The number of nitrogens with one attached hydrogen (secondary N) is 1. The molecule has 4 heteroatoms. The molecular formula is C15H16BrClN2. The first kappa shape index (κ1) is 14.5. The Bertz CT molecular complexity index is 545. The highest BCUT2D eigenvalue weighted by Gasteiger charge is 2.11. The lowest BCUT2D eigenvalue weighted by Crippen LogP contribution is -2.38. The van der Waals surface area contributed by atoms with Crippen molar-refractivity contribution in [2.24, 2.45) is 5.84 Å². The van der Waals surface area contributed by atoms with Crippen LogP contribution >= 0.6 is 27.5 Å². The third-order valence-electron chi connectivity index (χ3n) is 3.03. The van der Waals surface area contributed by atoms with Crippen LogP contribution < -0.4 is 11.3 Å². The quantitative estimate of drug-likeness (QED) is 0.643. The molecule has 0 saturated carbocycles. The molecule has 19 heavy (non-hydrogen) atoms. The van der Waals surface area contributed by atoms with E-state index in [0.29, 0.717) is 0 Å². The first-order valence-corrected chi connectivity index (χ1v) is 7.30. The van der Waals surface area contributed by atoms with E-state index in [1.54, 1.807) is 0 Å². The van der Waals surface area contributed by atoms with Gasteiger partial charge in [-0.15, -0.1) is 0 Å². The molecule has 100 valence electrons. The van der Waals surface area contributed by atoms with Crippen molar-refractivity contribution in [2.45, 2.75) is 18.9 Å². The van der Waals surface area contributed by atoms with E-state index in [4.69, 9.17) is 17.4 Å². The van der Waals surface area contributed by atoms with Gasteiger partial charge < -0.3 is 0 Å². The highest BCUT2D eigenvalue weighted by molar-refractivity contribution is 9.10. The minimum Gasteiger partial charge on any atom is -0.271 e. The molecule has 0 radical (unpaired) electrons. The Morgan fingerprint density at radius 3 is 2.58 bits per heavy atom. The van der Waals surface area contributed by atoms with Gasteiger partial charge in [0, 0.05) is 15.5 Å². The number of benzene rings is 2. The molecule has 2 aromatic rings.